The van der Waals surface area contributed by atoms with E-state index in [1.807, 2.05) is 28.9 Å². The molecule has 0 aliphatic heterocycles. The summed E-state index contributed by atoms with van der Waals surface area (Å²) < 4.78 is 22.1. The molecule has 1 aliphatic carbocycles. The number of aromatic nitrogens is 3. The largest absolute Gasteiger partial charge is 0.487 e. The number of rotatable bonds is 7. The van der Waals surface area contributed by atoms with Gasteiger partial charge >= 0.3 is 0 Å². The average molecular weight is 515 g/mol. The predicted molar refractivity (Wildman–Crippen MR) is 138 cm³/mol. The molecule has 0 atom stereocenters. The maximum absolute atomic E-state index is 14.3. The zero-order valence-corrected chi connectivity index (χ0v) is 21.5. The van der Waals surface area contributed by atoms with Crippen LogP contribution in [-0.4, -0.2) is 26.8 Å². The molecule has 2 aromatic heterocycles. The molecule has 0 spiro atoms. The summed E-state index contributed by atoms with van der Waals surface area (Å²) in [5.74, 6) is 6.38. The van der Waals surface area contributed by atoms with E-state index in [1.165, 1.54) is 6.07 Å². The topological polar surface area (TPSA) is 107 Å². The second kappa shape index (κ2) is 10.4. The Balaban J connectivity index is 1.48. The van der Waals surface area contributed by atoms with E-state index in [0.717, 1.165) is 11.5 Å². The number of nitrogens with zero attached hydrogens (tertiary/aromatic N) is 3. The van der Waals surface area contributed by atoms with Crippen molar-refractivity contribution in [1.29, 1.82) is 0 Å². The van der Waals surface area contributed by atoms with Gasteiger partial charge in [0.2, 0.25) is 5.91 Å². The molecule has 0 saturated heterocycles. The summed E-state index contributed by atoms with van der Waals surface area (Å²) in [6.45, 7) is 6.22. The first kappa shape index (κ1) is 25.9. The van der Waals surface area contributed by atoms with Gasteiger partial charge in [-0.3, -0.25) is 10.2 Å². The third kappa shape index (κ3) is 5.63. The highest BCUT2D eigenvalue weighted by atomic mass is 35.5. The van der Waals surface area contributed by atoms with Gasteiger partial charge in [0, 0.05) is 18.2 Å². The monoisotopic (exact) mass is 514 g/mol. The number of hydrazine groups is 1. The normalized spacial score (nSPS) is 20.1. The summed E-state index contributed by atoms with van der Waals surface area (Å²) in [6.07, 6.45) is 4.13. The summed E-state index contributed by atoms with van der Waals surface area (Å²) in [4.78, 5) is 17.7. The van der Waals surface area contributed by atoms with Crippen molar-refractivity contribution in [3.63, 3.8) is 0 Å². The van der Waals surface area contributed by atoms with Crippen LogP contribution >= 0.6 is 11.6 Å². The number of carbonyl (C=O) groups is 1. The second-order valence-electron chi connectivity index (χ2n) is 10.2. The lowest BCUT2D eigenvalue weighted by Crippen LogP contribution is -2.48. The van der Waals surface area contributed by atoms with Gasteiger partial charge in [-0.2, -0.15) is 5.10 Å². The molecule has 8 nitrogen and oxygen atoms in total. The van der Waals surface area contributed by atoms with Crippen LogP contribution < -0.4 is 21.3 Å². The third-order valence-corrected chi connectivity index (χ3v) is 6.86. The highest BCUT2D eigenvalue weighted by Crippen LogP contribution is 2.41. The summed E-state index contributed by atoms with van der Waals surface area (Å²) in [5.41, 5.74) is 2.18. The van der Waals surface area contributed by atoms with E-state index in [0.29, 0.717) is 37.9 Å². The van der Waals surface area contributed by atoms with Crippen molar-refractivity contribution in [2.75, 3.05) is 5.32 Å². The standard InChI is InChI=1S/C26H32ClFN6O2/c1-25(2,3)34-22(12-15-30-34)32-21-9-4-6-17(31-21)16-26(24(35)33-29)13-10-18(11-14-26)36-20-8-5-7-19(27)23(20)28/h4-9,12,15,18H,10-11,13-14,16,29H2,1-3H3,(H,31,32)(H,33,35)/t18-,26-. The molecule has 36 heavy (non-hydrogen) atoms. The second-order valence-corrected chi connectivity index (χ2v) is 10.6. The van der Waals surface area contributed by atoms with Crippen molar-refractivity contribution >= 4 is 29.1 Å². The fourth-order valence-electron chi connectivity index (χ4n) is 4.71. The SMILES string of the molecule is CC(C)(C)n1nccc1Nc1cccc(C[C@]2(C(=O)NN)CC[C@H](Oc3cccc(Cl)c3F)CC2)n1. The number of benzene rings is 1. The van der Waals surface area contributed by atoms with Gasteiger partial charge in [-0.15, -0.1) is 0 Å². The van der Waals surface area contributed by atoms with Crippen LogP contribution in [0.5, 0.6) is 5.75 Å². The average Bonchev–Trinajstić information content (AvgIpc) is 3.32. The Kier molecular flexibility index (Phi) is 7.51. The zero-order chi connectivity index (χ0) is 25.9. The van der Waals surface area contributed by atoms with Gasteiger partial charge in [-0.1, -0.05) is 23.7 Å². The number of pyridine rings is 1. The van der Waals surface area contributed by atoms with Gasteiger partial charge in [-0.05, 0) is 70.7 Å². The molecule has 0 unspecified atom stereocenters. The highest BCUT2D eigenvalue weighted by molar-refractivity contribution is 6.30. The lowest BCUT2D eigenvalue weighted by molar-refractivity contribution is -0.134. The van der Waals surface area contributed by atoms with Crippen LogP contribution in [0.4, 0.5) is 16.0 Å². The zero-order valence-electron chi connectivity index (χ0n) is 20.7. The number of nitrogens with one attached hydrogen (secondary N) is 2. The molecule has 1 fully saturated rings. The van der Waals surface area contributed by atoms with Gasteiger partial charge in [-0.25, -0.2) is 19.9 Å². The van der Waals surface area contributed by atoms with Crippen LogP contribution in [0, 0.1) is 11.2 Å². The van der Waals surface area contributed by atoms with E-state index in [1.54, 1.807) is 18.3 Å². The molecule has 0 bridgehead atoms. The number of anilines is 2. The van der Waals surface area contributed by atoms with E-state index in [9.17, 15) is 9.18 Å². The molecule has 2 heterocycles. The van der Waals surface area contributed by atoms with Gasteiger partial charge in [0.15, 0.2) is 11.6 Å². The Labute approximate surface area is 215 Å². The molecule has 192 valence electrons. The fourth-order valence-corrected chi connectivity index (χ4v) is 4.88. The molecular weight excluding hydrogens is 483 g/mol. The molecule has 10 heteroatoms. The van der Waals surface area contributed by atoms with Crippen molar-refractivity contribution in [2.45, 2.75) is 64.5 Å². The number of nitrogens with two attached hydrogens (primary N) is 1. The van der Waals surface area contributed by atoms with E-state index >= 15 is 0 Å². The van der Waals surface area contributed by atoms with Crippen LogP contribution in [0.1, 0.15) is 52.1 Å². The lowest BCUT2D eigenvalue weighted by Gasteiger charge is -2.38. The number of amides is 1. The summed E-state index contributed by atoms with van der Waals surface area (Å²) in [6, 6.07) is 12.3. The number of ether oxygens (including phenoxy) is 1. The van der Waals surface area contributed by atoms with Crippen LogP contribution in [0.15, 0.2) is 48.7 Å². The van der Waals surface area contributed by atoms with E-state index < -0.39 is 11.2 Å². The Morgan fingerprint density at radius 3 is 2.64 bits per heavy atom. The maximum Gasteiger partial charge on any atom is 0.240 e. The smallest absolute Gasteiger partial charge is 0.240 e. The highest BCUT2D eigenvalue weighted by Gasteiger charge is 2.42. The molecule has 4 N–H and O–H groups in total. The third-order valence-electron chi connectivity index (χ3n) is 6.57. The van der Waals surface area contributed by atoms with Crippen LogP contribution in [0.3, 0.4) is 0 Å². The molecule has 1 amide bonds. The maximum atomic E-state index is 14.3. The number of carbonyl (C=O) groups excluding carboxylic acids is 1. The molecule has 0 radical (unpaired) electrons. The van der Waals surface area contributed by atoms with E-state index in [2.05, 4.69) is 36.6 Å². The summed E-state index contributed by atoms with van der Waals surface area (Å²) >= 11 is 5.88. The van der Waals surface area contributed by atoms with Crippen LogP contribution in [-0.2, 0) is 16.8 Å². The fraction of sp³-hybridized carbons (Fsp3) is 0.423. The number of hydrogen-bond acceptors (Lipinski definition) is 6. The molecule has 3 aromatic rings. The van der Waals surface area contributed by atoms with Gasteiger partial charge < -0.3 is 10.1 Å². The Bertz CT molecular complexity index is 1220. The minimum absolute atomic E-state index is 0.0188. The van der Waals surface area contributed by atoms with Crippen molar-refractivity contribution < 1.29 is 13.9 Å². The Hall–Kier alpha value is -3.17. The minimum Gasteiger partial charge on any atom is -0.487 e. The predicted octanol–water partition coefficient (Wildman–Crippen LogP) is 5.11. The number of halogens is 2. The molecule has 1 aliphatic rings. The Morgan fingerprint density at radius 1 is 1.22 bits per heavy atom. The van der Waals surface area contributed by atoms with Crippen LogP contribution in [0.25, 0.3) is 0 Å². The van der Waals surface area contributed by atoms with E-state index in [-0.39, 0.29) is 28.3 Å². The van der Waals surface area contributed by atoms with Gasteiger partial charge in [0.25, 0.3) is 0 Å². The number of hydrogen-bond donors (Lipinski definition) is 3. The summed E-state index contributed by atoms with van der Waals surface area (Å²) in [5, 5.41) is 7.76. The quantitative estimate of drug-likeness (QED) is 0.230. The molecular formula is C26H32ClFN6O2. The van der Waals surface area contributed by atoms with E-state index in [4.69, 9.17) is 27.2 Å². The summed E-state index contributed by atoms with van der Waals surface area (Å²) in [7, 11) is 0. The van der Waals surface area contributed by atoms with Crippen molar-refractivity contribution in [1.82, 2.24) is 20.2 Å². The molecule has 1 saturated carbocycles. The lowest BCUT2D eigenvalue weighted by atomic mass is 9.69. The first-order chi connectivity index (χ1) is 17.1. The molecule has 1 aromatic carbocycles. The van der Waals surface area contributed by atoms with Crippen molar-refractivity contribution in [3.8, 4) is 5.75 Å². The first-order valence-corrected chi connectivity index (χ1v) is 12.4. The molecule has 4 rings (SSSR count). The minimum atomic E-state index is -0.736. The van der Waals surface area contributed by atoms with Crippen molar-refractivity contribution in [2.24, 2.45) is 11.3 Å². The van der Waals surface area contributed by atoms with Gasteiger partial charge in [0.05, 0.1) is 28.3 Å². The van der Waals surface area contributed by atoms with Gasteiger partial charge in [0.1, 0.15) is 11.6 Å². The van der Waals surface area contributed by atoms with Crippen molar-refractivity contribution in [3.05, 3.63) is 65.2 Å². The first-order valence-electron chi connectivity index (χ1n) is 12.0. The van der Waals surface area contributed by atoms with Crippen LogP contribution in [0.2, 0.25) is 5.02 Å². The Morgan fingerprint density at radius 2 is 1.94 bits per heavy atom.